The minimum Gasteiger partial charge on any atom is -0.352 e. The first-order valence-electron chi connectivity index (χ1n) is 10.5. The number of nitrogens with zero attached hydrogens (tertiary/aromatic N) is 3. The van der Waals surface area contributed by atoms with Crippen LogP contribution in [0.5, 0.6) is 0 Å². The van der Waals surface area contributed by atoms with Crippen molar-refractivity contribution in [3.63, 3.8) is 0 Å². The van der Waals surface area contributed by atoms with Gasteiger partial charge < -0.3 is 9.84 Å². The lowest BCUT2D eigenvalue weighted by molar-refractivity contribution is -0.126. The standard InChI is InChI=1S/C24H28N4O2/c1-17-6-8-19(9-7-17)15-25-24(29)20-10-12-28(13-11-20)16-22-26-23(27-30-22)21-5-3-4-18(2)14-21/h3-9,14,20H,10-13,15-16H2,1-2H3,(H,25,29). The molecule has 3 aromatic rings. The third-order valence-corrected chi connectivity index (χ3v) is 5.65. The molecule has 0 radical (unpaired) electrons. The van der Waals surface area contributed by atoms with E-state index in [1.807, 2.05) is 25.1 Å². The van der Waals surface area contributed by atoms with Crippen molar-refractivity contribution in [3.05, 3.63) is 71.1 Å². The van der Waals surface area contributed by atoms with E-state index in [1.165, 1.54) is 11.1 Å². The monoisotopic (exact) mass is 404 g/mol. The van der Waals surface area contributed by atoms with Crippen LogP contribution in [0.15, 0.2) is 53.1 Å². The Hall–Kier alpha value is -2.99. The van der Waals surface area contributed by atoms with Gasteiger partial charge in [-0.1, -0.05) is 58.7 Å². The van der Waals surface area contributed by atoms with E-state index in [1.54, 1.807) is 0 Å². The van der Waals surface area contributed by atoms with Gasteiger partial charge in [-0.05, 0) is 51.4 Å². The van der Waals surface area contributed by atoms with Gasteiger partial charge in [0.15, 0.2) is 0 Å². The minimum absolute atomic E-state index is 0.0669. The number of amides is 1. The SMILES string of the molecule is Cc1ccc(CNC(=O)C2CCN(Cc3nc(-c4cccc(C)c4)no3)CC2)cc1. The van der Waals surface area contributed by atoms with Gasteiger partial charge in [0, 0.05) is 18.0 Å². The van der Waals surface area contributed by atoms with Crippen LogP contribution in [0.4, 0.5) is 0 Å². The molecule has 6 nitrogen and oxygen atoms in total. The molecular formula is C24H28N4O2. The van der Waals surface area contributed by atoms with E-state index in [2.05, 4.69) is 57.6 Å². The molecule has 0 aliphatic carbocycles. The highest BCUT2D eigenvalue weighted by Crippen LogP contribution is 2.21. The molecular weight excluding hydrogens is 376 g/mol. The highest BCUT2D eigenvalue weighted by Gasteiger charge is 2.25. The number of likely N-dealkylation sites (tertiary alicyclic amines) is 1. The van der Waals surface area contributed by atoms with Crippen molar-refractivity contribution in [2.45, 2.75) is 39.8 Å². The van der Waals surface area contributed by atoms with Crippen LogP contribution < -0.4 is 5.32 Å². The summed E-state index contributed by atoms with van der Waals surface area (Å²) in [5, 5.41) is 7.20. The maximum atomic E-state index is 12.5. The molecule has 1 saturated heterocycles. The Balaban J connectivity index is 1.24. The third-order valence-electron chi connectivity index (χ3n) is 5.65. The highest BCUT2D eigenvalue weighted by molar-refractivity contribution is 5.78. The smallest absolute Gasteiger partial charge is 0.241 e. The third kappa shape index (κ3) is 5.13. The van der Waals surface area contributed by atoms with Gasteiger partial charge in [-0.2, -0.15) is 4.98 Å². The molecule has 0 atom stereocenters. The Morgan fingerprint density at radius 2 is 1.87 bits per heavy atom. The minimum atomic E-state index is 0.0669. The van der Waals surface area contributed by atoms with Crippen molar-refractivity contribution in [2.24, 2.45) is 5.92 Å². The molecule has 2 heterocycles. The van der Waals surface area contributed by atoms with Crippen molar-refractivity contribution in [1.29, 1.82) is 0 Å². The predicted octanol–water partition coefficient (Wildman–Crippen LogP) is 3.88. The first-order chi connectivity index (χ1) is 14.6. The van der Waals surface area contributed by atoms with Crippen LogP contribution >= 0.6 is 0 Å². The Morgan fingerprint density at radius 1 is 1.10 bits per heavy atom. The van der Waals surface area contributed by atoms with E-state index in [9.17, 15) is 4.79 Å². The van der Waals surface area contributed by atoms with Crippen LogP contribution in [-0.2, 0) is 17.9 Å². The number of carbonyl (C=O) groups is 1. The largest absolute Gasteiger partial charge is 0.352 e. The maximum Gasteiger partial charge on any atom is 0.241 e. The molecule has 2 aromatic carbocycles. The zero-order valence-electron chi connectivity index (χ0n) is 17.6. The first-order valence-corrected chi connectivity index (χ1v) is 10.5. The van der Waals surface area contributed by atoms with Crippen LogP contribution in [-0.4, -0.2) is 34.0 Å². The number of hydrogen-bond donors (Lipinski definition) is 1. The Kier molecular flexibility index (Phi) is 6.23. The lowest BCUT2D eigenvalue weighted by Gasteiger charge is -2.30. The lowest BCUT2D eigenvalue weighted by atomic mass is 9.96. The molecule has 1 fully saturated rings. The van der Waals surface area contributed by atoms with Crippen LogP contribution in [0.3, 0.4) is 0 Å². The fraction of sp³-hybridized carbons (Fsp3) is 0.375. The quantitative estimate of drug-likeness (QED) is 0.675. The summed E-state index contributed by atoms with van der Waals surface area (Å²) in [5.41, 5.74) is 4.49. The molecule has 1 aromatic heterocycles. The second-order valence-corrected chi connectivity index (χ2v) is 8.14. The lowest BCUT2D eigenvalue weighted by Crippen LogP contribution is -2.40. The topological polar surface area (TPSA) is 71.3 Å². The fourth-order valence-corrected chi connectivity index (χ4v) is 3.80. The summed E-state index contributed by atoms with van der Waals surface area (Å²) in [6.45, 7) is 7.02. The summed E-state index contributed by atoms with van der Waals surface area (Å²) in [6.07, 6.45) is 1.69. The van der Waals surface area contributed by atoms with Crippen LogP contribution in [0.2, 0.25) is 0 Å². The zero-order valence-corrected chi connectivity index (χ0v) is 17.6. The zero-order chi connectivity index (χ0) is 20.9. The molecule has 1 amide bonds. The summed E-state index contributed by atoms with van der Waals surface area (Å²) in [5.74, 6) is 1.46. The number of benzene rings is 2. The van der Waals surface area contributed by atoms with Gasteiger partial charge in [0.2, 0.25) is 17.6 Å². The van der Waals surface area contributed by atoms with Crippen LogP contribution in [0, 0.1) is 19.8 Å². The van der Waals surface area contributed by atoms with E-state index >= 15 is 0 Å². The molecule has 0 spiro atoms. The van der Waals surface area contributed by atoms with Crippen molar-refractivity contribution in [2.75, 3.05) is 13.1 Å². The Morgan fingerprint density at radius 3 is 2.60 bits per heavy atom. The van der Waals surface area contributed by atoms with Gasteiger partial charge in [-0.25, -0.2) is 0 Å². The summed E-state index contributed by atoms with van der Waals surface area (Å²) >= 11 is 0. The van der Waals surface area contributed by atoms with Gasteiger partial charge in [-0.3, -0.25) is 9.69 Å². The normalized spacial score (nSPS) is 15.3. The number of piperidine rings is 1. The number of rotatable bonds is 6. The maximum absolute atomic E-state index is 12.5. The molecule has 1 N–H and O–H groups in total. The fourth-order valence-electron chi connectivity index (χ4n) is 3.80. The van der Waals surface area contributed by atoms with Crippen molar-refractivity contribution in [1.82, 2.24) is 20.4 Å². The summed E-state index contributed by atoms with van der Waals surface area (Å²) in [6, 6.07) is 16.4. The number of nitrogens with one attached hydrogen (secondary N) is 1. The second-order valence-electron chi connectivity index (χ2n) is 8.14. The summed E-state index contributed by atoms with van der Waals surface area (Å²) in [7, 11) is 0. The van der Waals surface area contributed by atoms with Gasteiger partial charge >= 0.3 is 0 Å². The van der Waals surface area contributed by atoms with Crippen molar-refractivity contribution < 1.29 is 9.32 Å². The van der Waals surface area contributed by atoms with Crippen LogP contribution in [0.25, 0.3) is 11.4 Å². The number of aryl methyl sites for hydroxylation is 2. The molecule has 1 aliphatic rings. The average molecular weight is 405 g/mol. The van der Waals surface area contributed by atoms with E-state index in [0.29, 0.717) is 24.8 Å². The van der Waals surface area contributed by atoms with Gasteiger partial charge in [0.05, 0.1) is 6.54 Å². The van der Waals surface area contributed by atoms with E-state index in [0.717, 1.165) is 37.1 Å². The van der Waals surface area contributed by atoms with E-state index < -0.39 is 0 Å². The average Bonchev–Trinajstić information content (AvgIpc) is 3.22. The molecule has 30 heavy (non-hydrogen) atoms. The summed E-state index contributed by atoms with van der Waals surface area (Å²) < 4.78 is 5.45. The molecule has 4 rings (SSSR count). The van der Waals surface area contributed by atoms with Crippen molar-refractivity contribution >= 4 is 5.91 Å². The highest BCUT2D eigenvalue weighted by atomic mass is 16.5. The number of aromatic nitrogens is 2. The number of carbonyl (C=O) groups excluding carboxylic acids is 1. The molecule has 0 unspecified atom stereocenters. The van der Waals surface area contributed by atoms with E-state index in [-0.39, 0.29) is 11.8 Å². The van der Waals surface area contributed by atoms with Gasteiger partial charge in [0.25, 0.3) is 0 Å². The van der Waals surface area contributed by atoms with Crippen molar-refractivity contribution in [3.8, 4) is 11.4 Å². The molecule has 1 aliphatic heterocycles. The van der Waals surface area contributed by atoms with Crippen LogP contribution in [0.1, 0.15) is 35.4 Å². The molecule has 0 saturated carbocycles. The summed E-state index contributed by atoms with van der Waals surface area (Å²) in [4.78, 5) is 19.3. The molecule has 156 valence electrons. The Bertz CT molecular complexity index is 988. The second kappa shape index (κ2) is 9.22. The number of hydrogen-bond acceptors (Lipinski definition) is 5. The molecule has 6 heteroatoms. The van der Waals surface area contributed by atoms with Gasteiger partial charge in [0.1, 0.15) is 0 Å². The first kappa shape index (κ1) is 20.3. The van der Waals surface area contributed by atoms with E-state index in [4.69, 9.17) is 4.52 Å². The predicted molar refractivity (Wildman–Crippen MR) is 115 cm³/mol. The van der Waals surface area contributed by atoms with Gasteiger partial charge in [-0.15, -0.1) is 0 Å². The molecule has 0 bridgehead atoms. The Labute approximate surface area is 177 Å².